The standard InChI is InChI=1S/C24H31ClO5/c1-14(8-7-9-15(2)19-12-20(27)24(4,5)30-19)10-11-17-22(28)18(13-26)16(3)21(25)23(17)29-6/h9-10,13,19,28H,7-8,11-12H2,1-6H3. The van der Waals surface area contributed by atoms with Crippen LogP contribution in [0, 0.1) is 6.92 Å². The molecule has 164 valence electrons. The van der Waals surface area contributed by atoms with Gasteiger partial charge in [0.15, 0.2) is 12.1 Å². The molecule has 0 saturated carbocycles. The molecule has 0 aromatic heterocycles. The molecule has 5 nitrogen and oxygen atoms in total. The molecule has 0 radical (unpaired) electrons. The van der Waals surface area contributed by atoms with Crippen molar-refractivity contribution in [2.45, 2.75) is 72.0 Å². The molecular formula is C24H31ClO5. The van der Waals surface area contributed by atoms with Gasteiger partial charge in [0, 0.05) is 12.0 Å². The van der Waals surface area contributed by atoms with E-state index in [9.17, 15) is 14.7 Å². The molecule has 1 N–H and O–H groups in total. The lowest BCUT2D eigenvalue weighted by Gasteiger charge is -2.18. The van der Waals surface area contributed by atoms with Crippen molar-refractivity contribution in [3.05, 3.63) is 45.0 Å². The monoisotopic (exact) mass is 434 g/mol. The number of phenols is 1. The van der Waals surface area contributed by atoms with Crippen LogP contribution >= 0.6 is 11.6 Å². The van der Waals surface area contributed by atoms with Crippen molar-refractivity contribution in [1.82, 2.24) is 0 Å². The van der Waals surface area contributed by atoms with Gasteiger partial charge in [0.25, 0.3) is 0 Å². The van der Waals surface area contributed by atoms with Gasteiger partial charge in [-0.1, -0.05) is 29.3 Å². The van der Waals surface area contributed by atoms with Crippen molar-refractivity contribution >= 4 is 23.7 Å². The number of methoxy groups -OCH3 is 1. The minimum atomic E-state index is -0.702. The summed E-state index contributed by atoms with van der Waals surface area (Å²) < 4.78 is 11.2. The molecule has 1 aromatic carbocycles. The van der Waals surface area contributed by atoms with Crippen molar-refractivity contribution in [3.8, 4) is 11.5 Å². The molecule has 1 unspecified atom stereocenters. The Balaban J connectivity index is 2.07. The Labute approximate surface area is 183 Å². The largest absolute Gasteiger partial charge is 0.507 e. The van der Waals surface area contributed by atoms with Crippen LogP contribution in [-0.2, 0) is 16.0 Å². The number of phenolic OH excluding ortho intramolecular Hbond substituents is 1. The van der Waals surface area contributed by atoms with E-state index in [1.165, 1.54) is 7.11 Å². The Hall–Kier alpha value is -2.11. The topological polar surface area (TPSA) is 72.8 Å². The van der Waals surface area contributed by atoms with E-state index < -0.39 is 5.60 Å². The highest BCUT2D eigenvalue weighted by atomic mass is 35.5. The van der Waals surface area contributed by atoms with Crippen LogP contribution < -0.4 is 4.74 Å². The maximum atomic E-state index is 12.0. The SMILES string of the molecule is COc1c(Cl)c(C)c(C=O)c(O)c1CC=C(C)CCC=C(C)C1CC(=O)C(C)(C)O1. The van der Waals surface area contributed by atoms with Crippen molar-refractivity contribution < 1.29 is 24.2 Å². The third-order valence-corrected chi connectivity index (χ3v) is 6.17. The predicted molar refractivity (Wildman–Crippen MR) is 119 cm³/mol. The Morgan fingerprint density at radius 1 is 1.33 bits per heavy atom. The molecule has 0 amide bonds. The van der Waals surface area contributed by atoms with Crippen LogP contribution in [0.25, 0.3) is 0 Å². The maximum absolute atomic E-state index is 12.0. The molecule has 0 aliphatic carbocycles. The number of aromatic hydroxyl groups is 1. The first-order chi connectivity index (χ1) is 14.0. The number of hydrogen-bond donors (Lipinski definition) is 1. The highest BCUT2D eigenvalue weighted by Gasteiger charge is 2.40. The van der Waals surface area contributed by atoms with Crippen molar-refractivity contribution in [2.24, 2.45) is 0 Å². The zero-order valence-electron chi connectivity index (χ0n) is 18.6. The lowest BCUT2D eigenvalue weighted by Crippen LogP contribution is -2.27. The van der Waals surface area contributed by atoms with E-state index in [4.69, 9.17) is 21.1 Å². The van der Waals surface area contributed by atoms with E-state index in [-0.39, 0.29) is 23.2 Å². The minimum Gasteiger partial charge on any atom is -0.507 e. The van der Waals surface area contributed by atoms with Gasteiger partial charge in [-0.15, -0.1) is 0 Å². The van der Waals surface area contributed by atoms with Gasteiger partial charge in [-0.3, -0.25) is 9.59 Å². The van der Waals surface area contributed by atoms with E-state index in [1.54, 1.807) is 6.92 Å². The molecule has 2 rings (SSSR count). The van der Waals surface area contributed by atoms with Gasteiger partial charge in [-0.05, 0) is 65.0 Å². The number of ketones is 1. The number of carbonyl (C=O) groups is 2. The van der Waals surface area contributed by atoms with Crippen LogP contribution in [0.4, 0.5) is 0 Å². The van der Waals surface area contributed by atoms with Gasteiger partial charge in [0.2, 0.25) is 0 Å². The first-order valence-electron chi connectivity index (χ1n) is 10.1. The van der Waals surface area contributed by atoms with Gasteiger partial charge in [-0.2, -0.15) is 0 Å². The van der Waals surface area contributed by atoms with Crippen LogP contribution in [0.5, 0.6) is 11.5 Å². The zero-order chi connectivity index (χ0) is 22.6. The van der Waals surface area contributed by atoms with Crippen LogP contribution in [0.2, 0.25) is 5.02 Å². The molecule has 1 aromatic rings. The quantitative estimate of drug-likeness (QED) is 0.430. The van der Waals surface area contributed by atoms with Gasteiger partial charge in [0.1, 0.15) is 17.1 Å². The fourth-order valence-corrected chi connectivity index (χ4v) is 3.88. The van der Waals surface area contributed by atoms with Gasteiger partial charge < -0.3 is 14.6 Å². The minimum absolute atomic E-state index is 0.0887. The van der Waals surface area contributed by atoms with Crippen molar-refractivity contribution in [3.63, 3.8) is 0 Å². The van der Waals surface area contributed by atoms with E-state index >= 15 is 0 Å². The predicted octanol–water partition coefficient (Wildman–Crippen LogP) is 5.53. The zero-order valence-corrected chi connectivity index (χ0v) is 19.4. The fraction of sp³-hybridized carbons (Fsp3) is 0.500. The number of Topliss-reactive ketones (excluding diaryl/α,β-unsaturated/α-hetero) is 1. The number of ether oxygens (including phenoxy) is 2. The molecule has 1 saturated heterocycles. The summed E-state index contributed by atoms with van der Waals surface area (Å²) in [5.74, 6) is 0.438. The summed E-state index contributed by atoms with van der Waals surface area (Å²) in [5.41, 5.74) is 2.69. The van der Waals surface area contributed by atoms with Crippen LogP contribution in [-0.4, -0.2) is 36.0 Å². The number of rotatable bonds is 8. The molecule has 0 bridgehead atoms. The maximum Gasteiger partial charge on any atom is 0.167 e. The highest BCUT2D eigenvalue weighted by molar-refractivity contribution is 6.33. The molecule has 6 heteroatoms. The molecule has 1 aliphatic heterocycles. The molecule has 1 heterocycles. The first kappa shape index (κ1) is 24.2. The number of benzene rings is 1. The number of allylic oxidation sites excluding steroid dienone is 3. The molecule has 0 spiro atoms. The fourth-order valence-electron chi connectivity index (χ4n) is 3.58. The number of aldehydes is 1. The van der Waals surface area contributed by atoms with E-state index in [1.807, 2.05) is 33.8 Å². The summed E-state index contributed by atoms with van der Waals surface area (Å²) in [4.78, 5) is 23.3. The molecule has 1 atom stereocenters. The Bertz CT molecular complexity index is 896. The summed E-state index contributed by atoms with van der Waals surface area (Å²) in [7, 11) is 1.49. The third-order valence-electron chi connectivity index (χ3n) is 5.72. The Morgan fingerprint density at radius 2 is 2.00 bits per heavy atom. The summed E-state index contributed by atoms with van der Waals surface area (Å²) in [6, 6.07) is 0. The number of halogens is 1. The normalized spacial score (nSPS) is 19.3. The second-order valence-electron chi connectivity index (χ2n) is 8.32. The van der Waals surface area contributed by atoms with Crippen molar-refractivity contribution in [1.29, 1.82) is 0 Å². The van der Waals surface area contributed by atoms with Crippen LogP contribution in [0.3, 0.4) is 0 Å². The summed E-state index contributed by atoms with van der Waals surface area (Å²) in [6.07, 6.45) is 7.05. The summed E-state index contributed by atoms with van der Waals surface area (Å²) in [5, 5.41) is 10.8. The van der Waals surface area contributed by atoms with E-state index in [2.05, 4.69) is 6.08 Å². The van der Waals surface area contributed by atoms with E-state index in [0.717, 1.165) is 24.0 Å². The van der Waals surface area contributed by atoms with Crippen LogP contribution in [0.15, 0.2) is 23.3 Å². The molecular weight excluding hydrogens is 404 g/mol. The lowest BCUT2D eigenvalue weighted by atomic mass is 9.98. The summed E-state index contributed by atoms with van der Waals surface area (Å²) in [6.45, 7) is 9.31. The average Bonchev–Trinajstić information content (AvgIpc) is 2.96. The number of carbonyl (C=O) groups excluding carboxylic acids is 2. The lowest BCUT2D eigenvalue weighted by molar-refractivity contribution is -0.129. The van der Waals surface area contributed by atoms with Crippen LogP contribution in [0.1, 0.15) is 68.4 Å². The smallest absolute Gasteiger partial charge is 0.167 e. The molecule has 1 fully saturated rings. The Morgan fingerprint density at radius 3 is 2.53 bits per heavy atom. The second-order valence-corrected chi connectivity index (χ2v) is 8.69. The highest BCUT2D eigenvalue weighted by Crippen LogP contribution is 2.41. The molecule has 30 heavy (non-hydrogen) atoms. The third kappa shape index (κ3) is 5.13. The van der Waals surface area contributed by atoms with Gasteiger partial charge in [-0.25, -0.2) is 0 Å². The summed E-state index contributed by atoms with van der Waals surface area (Å²) >= 11 is 6.32. The van der Waals surface area contributed by atoms with Gasteiger partial charge >= 0.3 is 0 Å². The van der Waals surface area contributed by atoms with E-state index in [0.29, 0.717) is 41.0 Å². The molecule has 1 aliphatic rings. The van der Waals surface area contributed by atoms with Crippen molar-refractivity contribution in [2.75, 3.05) is 7.11 Å². The first-order valence-corrected chi connectivity index (χ1v) is 10.5. The average molecular weight is 435 g/mol. The van der Waals surface area contributed by atoms with Gasteiger partial charge in [0.05, 0.1) is 23.8 Å². The second kappa shape index (κ2) is 9.80. The Kier molecular flexibility index (Phi) is 7.89. The number of hydrogen-bond acceptors (Lipinski definition) is 5.